The number of ether oxygens (including phenoxy) is 3. The third-order valence-electron chi connectivity index (χ3n) is 2.76. The maximum absolute atomic E-state index is 11.6. The highest BCUT2D eigenvalue weighted by molar-refractivity contribution is 6.16. The van der Waals surface area contributed by atoms with E-state index in [2.05, 4.69) is 14.8 Å². The lowest BCUT2D eigenvalue weighted by molar-refractivity contribution is -0.133. The van der Waals surface area contributed by atoms with Crippen LogP contribution < -0.4 is 4.74 Å². The summed E-state index contributed by atoms with van der Waals surface area (Å²) in [7, 11) is 6.14. The van der Waals surface area contributed by atoms with E-state index in [1.54, 1.807) is 23.0 Å². The van der Waals surface area contributed by atoms with Crippen molar-refractivity contribution in [3.8, 4) is 5.88 Å². The number of methoxy groups -OCH3 is 3. The molecule has 0 aliphatic rings. The van der Waals surface area contributed by atoms with Crippen molar-refractivity contribution in [1.29, 1.82) is 0 Å². The van der Waals surface area contributed by atoms with Crippen molar-refractivity contribution in [1.82, 2.24) is 14.8 Å². The molecule has 7 heteroatoms. The standard InChI is InChI=1S/C12H15NO4.C4H6N2.C2H6/c1-8-5-6-9(11(13-8)16-3)10(7-15-2)12(14)17-4;1-6-4-2-3-5-6;1-2/h5-7H,1-4H3;2-4H,1H3;1-2H3/b10-7+;;. The summed E-state index contributed by atoms with van der Waals surface area (Å²) in [6, 6.07) is 5.41. The molecule has 0 N–H and O–H groups in total. The number of hydrogen-bond acceptors (Lipinski definition) is 6. The average Bonchev–Trinajstić information content (AvgIpc) is 3.12. The minimum atomic E-state index is -0.504. The van der Waals surface area contributed by atoms with E-state index in [0.717, 1.165) is 5.69 Å². The SMILES string of the molecule is CC.CO/C=C(/C(=O)OC)c1ccc(C)nc1OC.Cn1cccn1. The molecular weight excluding hydrogens is 322 g/mol. The van der Waals surface area contributed by atoms with Gasteiger partial charge in [0.05, 0.1) is 33.2 Å². The van der Waals surface area contributed by atoms with Crippen LogP contribution in [0.3, 0.4) is 0 Å². The molecule has 0 aliphatic heterocycles. The van der Waals surface area contributed by atoms with Crippen LogP contribution in [0, 0.1) is 6.92 Å². The number of aryl methyl sites for hydroxylation is 2. The fraction of sp³-hybridized carbons (Fsp3) is 0.389. The molecule has 0 bridgehead atoms. The molecule has 2 rings (SSSR count). The van der Waals surface area contributed by atoms with Crippen molar-refractivity contribution in [3.05, 3.63) is 48.1 Å². The molecule has 0 unspecified atom stereocenters. The van der Waals surface area contributed by atoms with Crippen LogP contribution in [0.2, 0.25) is 0 Å². The second-order valence-electron chi connectivity index (χ2n) is 4.45. The topological polar surface area (TPSA) is 75.5 Å². The summed E-state index contributed by atoms with van der Waals surface area (Å²) in [6.07, 6.45) is 4.95. The lowest BCUT2D eigenvalue weighted by Crippen LogP contribution is -2.07. The van der Waals surface area contributed by atoms with E-state index in [9.17, 15) is 4.79 Å². The predicted octanol–water partition coefficient (Wildman–Crippen LogP) is 3.01. The normalized spacial score (nSPS) is 9.80. The Hall–Kier alpha value is -2.83. The van der Waals surface area contributed by atoms with E-state index in [4.69, 9.17) is 9.47 Å². The van der Waals surface area contributed by atoms with Crippen molar-refractivity contribution in [2.24, 2.45) is 7.05 Å². The number of hydrogen-bond donors (Lipinski definition) is 0. The van der Waals surface area contributed by atoms with Crippen molar-refractivity contribution >= 4 is 11.5 Å². The lowest BCUT2D eigenvalue weighted by Gasteiger charge is -2.10. The molecule has 7 nitrogen and oxygen atoms in total. The largest absolute Gasteiger partial charge is 0.503 e. The van der Waals surface area contributed by atoms with Gasteiger partial charge in [-0.25, -0.2) is 9.78 Å². The zero-order valence-electron chi connectivity index (χ0n) is 15.9. The second kappa shape index (κ2) is 12.6. The van der Waals surface area contributed by atoms with Crippen LogP contribution in [-0.4, -0.2) is 42.1 Å². The molecule has 2 aromatic heterocycles. The maximum atomic E-state index is 11.6. The number of esters is 1. The average molecular weight is 349 g/mol. The summed E-state index contributed by atoms with van der Waals surface area (Å²) in [4.78, 5) is 15.8. The molecule has 2 aromatic rings. The molecule has 0 fully saturated rings. The van der Waals surface area contributed by atoms with Crippen LogP contribution in [0.25, 0.3) is 5.57 Å². The van der Waals surface area contributed by atoms with E-state index in [1.165, 1.54) is 27.6 Å². The number of rotatable bonds is 4. The van der Waals surface area contributed by atoms with Gasteiger partial charge in [0.1, 0.15) is 5.57 Å². The molecule has 25 heavy (non-hydrogen) atoms. The highest BCUT2D eigenvalue weighted by Gasteiger charge is 2.18. The van der Waals surface area contributed by atoms with Gasteiger partial charge in [-0.15, -0.1) is 0 Å². The minimum absolute atomic E-state index is 0.263. The summed E-state index contributed by atoms with van der Waals surface area (Å²) < 4.78 is 16.4. The van der Waals surface area contributed by atoms with Crippen molar-refractivity contribution in [2.75, 3.05) is 21.3 Å². The van der Waals surface area contributed by atoms with Gasteiger partial charge in [-0.05, 0) is 25.1 Å². The van der Waals surface area contributed by atoms with Crippen LogP contribution in [0.5, 0.6) is 5.88 Å². The first-order chi connectivity index (χ1) is 12.0. The van der Waals surface area contributed by atoms with Crippen molar-refractivity contribution < 1.29 is 19.0 Å². The molecule has 0 aliphatic carbocycles. The molecule has 0 spiro atoms. The summed E-state index contributed by atoms with van der Waals surface area (Å²) in [5.74, 6) is -0.144. The zero-order chi connectivity index (χ0) is 19.2. The van der Waals surface area contributed by atoms with Gasteiger partial charge in [0.2, 0.25) is 5.88 Å². The Morgan fingerprint density at radius 1 is 1.20 bits per heavy atom. The predicted molar refractivity (Wildman–Crippen MR) is 97.1 cm³/mol. The Labute approximate surface area is 149 Å². The smallest absolute Gasteiger partial charge is 0.341 e. The van der Waals surface area contributed by atoms with Crippen LogP contribution >= 0.6 is 0 Å². The molecule has 0 saturated heterocycles. The Bertz CT molecular complexity index is 652. The van der Waals surface area contributed by atoms with E-state index < -0.39 is 5.97 Å². The summed E-state index contributed by atoms with van der Waals surface area (Å²) >= 11 is 0. The zero-order valence-corrected chi connectivity index (χ0v) is 15.9. The Kier molecular flexibility index (Phi) is 11.2. The quantitative estimate of drug-likeness (QED) is 0.480. The first-order valence-corrected chi connectivity index (χ1v) is 7.80. The molecule has 138 valence electrons. The van der Waals surface area contributed by atoms with Gasteiger partial charge in [0, 0.05) is 25.1 Å². The molecule has 0 aromatic carbocycles. The maximum Gasteiger partial charge on any atom is 0.341 e. The highest BCUT2D eigenvalue weighted by Crippen LogP contribution is 2.25. The minimum Gasteiger partial charge on any atom is -0.503 e. The second-order valence-corrected chi connectivity index (χ2v) is 4.45. The first-order valence-electron chi connectivity index (χ1n) is 7.80. The Morgan fingerprint density at radius 2 is 1.88 bits per heavy atom. The number of carbonyl (C=O) groups excluding carboxylic acids is 1. The highest BCUT2D eigenvalue weighted by atomic mass is 16.5. The monoisotopic (exact) mass is 349 g/mol. The van der Waals surface area contributed by atoms with Crippen LogP contribution in [0.1, 0.15) is 25.1 Å². The molecule has 2 heterocycles. The van der Waals surface area contributed by atoms with E-state index in [0.29, 0.717) is 11.4 Å². The molecular formula is C18H27N3O4. The number of carbonyl (C=O) groups is 1. The van der Waals surface area contributed by atoms with E-state index in [1.807, 2.05) is 40.1 Å². The van der Waals surface area contributed by atoms with Gasteiger partial charge >= 0.3 is 5.97 Å². The molecule has 0 radical (unpaired) electrons. The fourth-order valence-electron chi connectivity index (χ4n) is 1.69. The first kappa shape index (κ1) is 22.2. The van der Waals surface area contributed by atoms with Crippen LogP contribution in [0.4, 0.5) is 0 Å². The van der Waals surface area contributed by atoms with Gasteiger partial charge < -0.3 is 14.2 Å². The van der Waals surface area contributed by atoms with Crippen molar-refractivity contribution in [3.63, 3.8) is 0 Å². The fourth-order valence-corrected chi connectivity index (χ4v) is 1.69. The summed E-state index contributed by atoms with van der Waals surface area (Å²) in [6.45, 7) is 5.84. The summed E-state index contributed by atoms with van der Waals surface area (Å²) in [5.41, 5.74) is 1.60. The van der Waals surface area contributed by atoms with Crippen molar-refractivity contribution in [2.45, 2.75) is 20.8 Å². The number of nitrogens with zero attached hydrogens (tertiary/aromatic N) is 3. The van der Waals surface area contributed by atoms with Gasteiger partial charge in [-0.3, -0.25) is 4.68 Å². The van der Waals surface area contributed by atoms with Gasteiger partial charge in [0.15, 0.2) is 0 Å². The van der Waals surface area contributed by atoms with Gasteiger partial charge in [-0.2, -0.15) is 5.10 Å². The van der Waals surface area contributed by atoms with E-state index >= 15 is 0 Å². The molecule has 0 atom stereocenters. The van der Waals surface area contributed by atoms with Crippen LogP contribution in [-0.2, 0) is 21.3 Å². The third kappa shape index (κ3) is 7.52. The molecule has 0 amide bonds. The summed E-state index contributed by atoms with van der Waals surface area (Å²) in [5, 5.41) is 3.83. The van der Waals surface area contributed by atoms with Crippen LogP contribution in [0.15, 0.2) is 36.9 Å². The van der Waals surface area contributed by atoms with E-state index in [-0.39, 0.29) is 5.57 Å². The van der Waals surface area contributed by atoms with Gasteiger partial charge in [-0.1, -0.05) is 13.8 Å². The molecule has 0 saturated carbocycles. The Morgan fingerprint density at radius 3 is 2.28 bits per heavy atom. The third-order valence-corrected chi connectivity index (χ3v) is 2.76. The number of pyridine rings is 1. The van der Waals surface area contributed by atoms with Gasteiger partial charge in [0.25, 0.3) is 0 Å². The Balaban J connectivity index is 0.000000596. The number of aromatic nitrogens is 3. The lowest BCUT2D eigenvalue weighted by atomic mass is 10.1.